The maximum Gasteiger partial charge on any atom is 0.182 e. The van der Waals surface area contributed by atoms with Crippen LogP contribution in [0.4, 0.5) is 0 Å². The van der Waals surface area contributed by atoms with Crippen molar-refractivity contribution in [1.29, 1.82) is 0 Å². The summed E-state index contributed by atoms with van der Waals surface area (Å²) >= 11 is 0. The smallest absolute Gasteiger partial charge is 0.182 e. The van der Waals surface area contributed by atoms with Crippen LogP contribution in [0.15, 0.2) is 167 Å². The molecule has 3 heterocycles. The molecule has 0 N–H and O–H groups in total. The molecule has 0 aliphatic heterocycles. The number of para-hydroxylation sites is 1. The van der Waals surface area contributed by atoms with Crippen LogP contribution in [0.3, 0.4) is 0 Å². The number of nitrogens with zero attached hydrogens (tertiary/aromatic N) is 1. The van der Waals surface area contributed by atoms with E-state index in [0.29, 0.717) is 0 Å². The van der Waals surface area contributed by atoms with Gasteiger partial charge in [-0.25, -0.2) is 0 Å². The van der Waals surface area contributed by atoms with E-state index in [1.807, 2.05) is 18.4 Å². The number of aromatic nitrogens is 1. The minimum atomic E-state index is -2.91. The zero-order valence-corrected chi connectivity index (χ0v) is 23.8. The molecule has 198 valence electrons. The van der Waals surface area contributed by atoms with Gasteiger partial charge < -0.3 is 13.4 Å². The normalized spacial score (nSPS) is 11.5. The van der Waals surface area contributed by atoms with E-state index in [1.165, 1.54) is 26.3 Å². The molecule has 0 aliphatic rings. The van der Waals surface area contributed by atoms with Crippen molar-refractivity contribution in [2.75, 3.05) is 0 Å². The largest absolute Gasteiger partial charge is 0.472 e. The molecule has 0 spiro atoms. The van der Waals surface area contributed by atoms with E-state index in [4.69, 9.17) is 8.83 Å². The van der Waals surface area contributed by atoms with Crippen molar-refractivity contribution in [3.63, 3.8) is 0 Å². The molecule has 3 aromatic heterocycles. The molecule has 0 fully saturated rings. The molecule has 0 saturated carbocycles. The molecule has 7 aromatic rings. The molecule has 4 aromatic carbocycles. The molecule has 0 bridgehead atoms. The first kappa shape index (κ1) is 24.9. The van der Waals surface area contributed by atoms with Crippen molar-refractivity contribution in [3.05, 3.63) is 164 Å². The Morgan fingerprint density at radius 3 is 1.54 bits per heavy atom. The highest BCUT2D eigenvalue weighted by atomic mass is 28.3. The third-order valence-corrected chi connectivity index (χ3v) is 12.9. The lowest BCUT2D eigenvalue weighted by Gasteiger charge is -2.35. The first-order valence-electron chi connectivity index (χ1n) is 13.8. The van der Waals surface area contributed by atoms with E-state index in [9.17, 15) is 0 Å². The summed E-state index contributed by atoms with van der Waals surface area (Å²) in [5.41, 5.74) is 5.48. The molecule has 3 nitrogen and oxygen atoms in total. The van der Waals surface area contributed by atoms with Gasteiger partial charge in [0.2, 0.25) is 0 Å². The van der Waals surface area contributed by atoms with Crippen LogP contribution in [-0.4, -0.2) is 12.6 Å². The van der Waals surface area contributed by atoms with Crippen molar-refractivity contribution >= 4 is 28.8 Å². The number of rotatable bonds is 7. The highest BCUT2D eigenvalue weighted by Crippen LogP contribution is 2.36. The summed E-state index contributed by atoms with van der Waals surface area (Å²) < 4.78 is 14.3. The summed E-state index contributed by atoms with van der Waals surface area (Å²) in [4.78, 5) is 0. The Morgan fingerprint density at radius 1 is 0.537 bits per heavy atom. The summed E-state index contributed by atoms with van der Waals surface area (Å²) in [6.45, 7) is 2.26. The van der Waals surface area contributed by atoms with E-state index < -0.39 is 8.07 Å². The minimum Gasteiger partial charge on any atom is -0.472 e. The molecule has 0 atom stereocenters. The average Bonchev–Trinajstić information content (AvgIpc) is 3.82. The Bertz CT molecular complexity index is 1760. The topological polar surface area (TPSA) is 31.2 Å². The van der Waals surface area contributed by atoms with Gasteiger partial charge in [-0.1, -0.05) is 109 Å². The summed E-state index contributed by atoms with van der Waals surface area (Å²) in [7, 11) is -2.91. The number of hydrogen-bond acceptors (Lipinski definition) is 2. The van der Waals surface area contributed by atoms with Crippen LogP contribution < -0.4 is 20.7 Å². The fraction of sp³-hybridized carbons (Fsp3) is 0.0270. The van der Waals surface area contributed by atoms with Gasteiger partial charge in [0.15, 0.2) is 13.8 Å². The summed E-state index contributed by atoms with van der Waals surface area (Å²) in [5, 5.41) is 5.25. The molecule has 0 unspecified atom stereocenters. The van der Waals surface area contributed by atoms with Crippen LogP contribution in [0.5, 0.6) is 0 Å². The lowest BCUT2D eigenvalue weighted by atomic mass is 10.1. The summed E-state index contributed by atoms with van der Waals surface area (Å²) in [6, 6.07) is 49.8. The lowest BCUT2D eigenvalue weighted by Crippen LogP contribution is -2.75. The molecule has 0 amide bonds. The maximum atomic E-state index is 6.29. The highest BCUT2D eigenvalue weighted by molar-refractivity contribution is 7.20. The van der Waals surface area contributed by atoms with Crippen molar-refractivity contribution in [2.45, 2.75) is 6.92 Å². The number of benzene rings is 4. The van der Waals surface area contributed by atoms with E-state index in [0.717, 1.165) is 28.4 Å². The van der Waals surface area contributed by atoms with Gasteiger partial charge in [-0.2, -0.15) is 0 Å². The van der Waals surface area contributed by atoms with Crippen molar-refractivity contribution in [2.24, 2.45) is 0 Å². The van der Waals surface area contributed by atoms with E-state index >= 15 is 0 Å². The summed E-state index contributed by atoms with van der Waals surface area (Å²) in [5.74, 6) is 0.835. The minimum absolute atomic E-state index is 0.835. The van der Waals surface area contributed by atoms with Gasteiger partial charge in [0.1, 0.15) is 0 Å². The number of furan rings is 2. The van der Waals surface area contributed by atoms with Crippen molar-refractivity contribution < 1.29 is 8.83 Å². The molecule has 0 aliphatic carbocycles. The van der Waals surface area contributed by atoms with Gasteiger partial charge in [-0.15, -0.1) is 0 Å². The number of hydrogen-bond donors (Lipinski definition) is 0. The van der Waals surface area contributed by atoms with Crippen LogP contribution >= 0.6 is 0 Å². The van der Waals surface area contributed by atoms with Gasteiger partial charge in [0, 0.05) is 11.3 Å². The van der Waals surface area contributed by atoms with Gasteiger partial charge in [0.25, 0.3) is 0 Å². The van der Waals surface area contributed by atoms with Crippen LogP contribution in [0.2, 0.25) is 0 Å². The fourth-order valence-electron chi connectivity index (χ4n) is 6.37. The Kier molecular flexibility index (Phi) is 6.38. The fourth-order valence-corrected chi connectivity index (χ4v) is 11.6. The quantitative estimate of drug-likeness (QED) is 0.165. The SMILES string of the molecule is Cc1c([Si](c2ccccc2)(c2ccccc2)c2ccccc2)c(-c2ccco2)n(-c2ccccc2)c1-c1ccoc1. The molecule has 41 heavy (non-hydrogen) atoms. The second-order valence-electron chi connectivity index (χ2n) is 10.2. The van der Waals surface area contributed by atoms with Crippen LogP contribution in [0, 0.1) is 6.92 Å². The molecular formula is C37H29NO2Si. The molecular weight excluding hydrogens is 518 g/mol. The maximum absolute atomic E-state index is 6.29. The molecule has 0 saturated heterocycles. The first-order chi connectivity index (χ1) is 20.3. The second kappa shape index (κ2) is 10.5. The van der Waals surface area contributed by atoms with Crippen LogP contribution in [0.1, 0.15) is 5.56 Å². The standard InChI is InChI=1S/C37H29NO2Si/c1-28-35(29-24-26-39-27-29)38(30-15-6-2-7-16-30)36(34-23-14-25-40-34)37(28)41(31-17-8-3-9-18-31,32-19-10-4-11-20-32)33-21-12-5-13-22-33/h2-27H,1H3. The zero-order chi connectivity index (χ0) is 27.6. The van der Waals surface area contributed by atoms with Gasteiger partial charge in [-0.3, -0.25) is 0 Å². The van der Waals surface area contributed by atoms with E-state index in [2.05, 4.69) is 139 Å². The van der Waals surface area contributed by atoms with Crippen molar-refractivity contribution in [3.8, 4) is 28.4 Å². The second-order valence-corrected chi connectivity index (χ2v) is 13.9. The Labute approximate surface area is 241 Å². The van der Waals surface area contributed by atoms with Crippen molar-refractivity contribution in [1.82, 2.24) is 4.57 Å². The van der Waals surface area contributed by atoms with Gasteiger partial charge in [-0.05, 0) is 63.6 Å². The van der Waals surface area contributed by atoms with Crippen LogP contribution in [-0.2, 0) is 0 Å². The van der Waals surface area contributed by atoms with E-state index in [1.54, 1.807) is 12.5 Å². The third-order valence-electron chi connectivity index (χ3n) is 7.97. The third kappa shape index (κ3) is 4.03. The molecule has 0 radical (unpaired) electrons. The van der Waals surface area contributed by atoms with Gasteiger partial charge in [0.05, 0.1) is 30.2 Å². The summed E-state index contributed by atoms with van der Waals surface area (Å²) in [6.07, 6.45) is 5.36. The van der Waals surface area contributed by atoms with E-state index in [-0.39, 0.29) is 0 Å². The van der Waals surface area contributed by atoms with Crippen LogP contribution in [0.25, 0.3) is 28.4 Å². The molecule has 7 rings (SSSR count). The Balaban J connectivity index is 1.74. The lowest BCUT2D eigenvalue weighted by molar-refractivity contribution is 0.567. The monoisotopic (exact) mass is 547 g/mol. The Morgan fingerprint density at radius 2 is 1.07 bits per heavy atom. The Hall–Kier alpha value is -5.06. The predicted molar refractivity (Wildman–Crippen MR) is 170 cm³/mol. The average molecular weight is 548 g/mol. The highest BCUT2D eigenvalue weighted by Gasteiger charge is 2.47. The predicted octanol–water partition coefficient (Wildman–Crippen LogP) is 6.68. The zero-order valence-electron chi connectivity index (χ0n) is 22.8. The van der Waals surface area contributed by atoms with Gasteiger partial charge >= 0.3 is 0 Å². The molecule has 4 heteroatoms. The first-order valence-corrected chi connectivity index (χ1v) is 15.8.